The molecule has 0 spiro atoms. The molecule has 0 atom stereocenters. The van der Waals surface area contributed by atoms with Crippen LogP contribution in [-0.4, -0.2) is 55.7 Å². The first-order chi connectivity index (χ1) is 11.5. The molecule has 24 heavy (non-hydrogen) atoms. The fraction of sp³-hybridized carbons (Fsp3) is 0.353. The van der Waals surface area contributed by atoms with Crippen molar-refractivity contribution in [1.82, 2.24) is 9.88 Å². The summed E-state index contributed by atoms with van der Waals surface area (Å²) in [5.74, 6) is -0.791. The molecule has 0 unspecified atom stereocenters. The summed E-state index contributed by atoms with van der Waals surface area (Å²) < 4.78 is 9.64. The molecule has 0 aliphatic carbocycles. The van der Waals surface area contributed by atoms with Crippen molar-refractivity contribution in [2.24, 2.45) is 0 Å². The topological polar surface area (TPSA) is 68.7 Å². The Morgan fingerprint density at radius 2 is 1.92 bits per heavy atom. The molecule has 1 aromatic heterocycles. The fourth-order valence-electron chi connectivity index (χ4n) is 2.04. The third-order valence-corrected chi connectivity index (χ3v) is 4.31. The Morgan fingerprint density at radius 3 is 2.54 bits per heavy atom. The van der Waals surface area contributed by atoms with Crippen LogP contribution in [0.4, 0.5) is 0 Å². The molecular formula is C17H20N2O4S. The van der Waals surface area contributed by atoms with Gasteiger partial charge in [0.1, 0.15) is 17.2 Å². The van der Waals surface area contributed by atoms with Gasteiger partial charge in [0.2, 0.25) is 0 Å². The van der Waals surface area contributed by atoms with Gasteiger partial charge >= 0.3 is 5.97 Å². The third-order valence-electron chi connectivity index (χ3n) is 3.42. The number of benzene rings is 1. The number of carbonyl (C=O) groups excluding carboxylic acids is 2. The lowest BCUT2D eigenvalue weighted by Crippen LogP contribution is -2.38. The van der Waals surface area contributed by atoms with Gasteiger partial charge in [-0.15, -0.1) is 11.3 Å². The normalized spacial score (nSPS) is 10.5. The molecule has 2 rings (SSSR count). The van der Waals surface area contributed by atoms with Crippen LogP contribution in [0.25, 0.3) is 10.6 Å². The van der Waals surface area contributed by atoms with Crippen molar-refractivity contribution < 1.29 is 19.1 Å². The summed E-state index contributed by atoms with van der Waals surface area (Å²) in [6.45, 7) is 2.51. The van der Waals surface area contributed by atoms with Gasteiger partial charge in [0.15, 0.2) is 0 Å². The van der Waals surface area contributed by atoms with E-state index in [2.05, 4.69) is 9.72 Å². The van der Waals surface area contributed by atoms with Crippen molar-refractivity contribution in [3.63, 3.8) is 0 Å². The number of hydrogen-bond acceptors (Lipinski definition) is 6. The lowest BCUT2D eigenvalue weighted by Gasteiger charge is -2.19. The zero-order chi connectivity index (χ0) is 17.5. The maximum atomic E-state index is 12.6. The quantitative estimate of drug-likeness (QED) is 0.719. The van der Waals surface area contributed by atoms with E-state index in [1.807, 2.05) is 31.2 Å². The largest absolute Gasteiger partial charge is 0.468 e. The van der Waals surface area contributed by atoms with Crippen molar-refractivity contribution in [2.75, 3.05) is 33.9 Å². The molecule has 1 heterocycles. The maximum Gasteiger partial charge on any atom is 0.325 e. The second-order valence-electron chi connectivity index (χ2n) is 5.20. The summed E-state index contributed by atoms with van der Waals surface area (Å²) >= 11 is 1.40. The molecule has 0 fully saturated rings. The van der Waals surface area contributed by atoms with Crippen LogP contribution in [0.5, 0.6) is 0 Å². The molecule has 2 aromatic rings. The molecule has 0 saturated carbocycles. The number of hydrogen-bond donors (Lipinski definition) is 0. The van der Waals surface area contributed by atoms with E-state index in [1.165, 1.54) is 23.3 Å². The fourth-order valence-corrected chi connectivity index (χ4v) is 2.84. The Balaban J connectivity index is 2.17. The van der Waals surface area contributed by atoms with E-state index >= 15 is 0 Å². The molecule has 0 aliphatic rings. The van der Waals surface area contributed by atoms with E-state index < -0.39 is 5.97 Å². The predicted octanol–water partition coefficient (Wildman–Crippen LogP) is 2.38. The standard InChI is InChI=1S/C17H20N2O4S/c1-12-4-6-13(7-5-12)16-18-14(11-24-16)17(21)19(8-9-22-2)10-15(20)23-3/h4-7,11H,8-10H2,1-3H3. The smallest absolute Gasteiger partial charge is 0.325 e. The van der Waals surface area contributed by atoms with Crippen molar-refractivity contribution in [3.05, 3.63) is 40.9 Å². The number of carbonyl (C=O) groups is 2. The van der Waals surface area contributed by atoms with Crippen LogP contribution in [0.3, 0.4) is 0 Å². The van der Waals surface area contributed by atoms with Gasteiger partial charge in [-0.3, -0.25) is 9.59 Å². The molecule has 0 bridgehead atoms. The molecular weight excluding hydrogens is 328 g/mol. The highest BCUT2D eigenvalue weighted by Crippen LogP contribution is 2.24. The van der Waals surface area contributed by atoms with Gasteiger partial charge in [-0.25, -0.2) is 4.98 Å². The number of rotatable bonds is 7. The Bertz CT molecular complexity index is 697. The van der Waals surface area contributed by atoms with Crippen molar-refractivity contribution in [3.8, 4) is 10.6 Å². The number of amides is 1. The van der Waals surface area contributed by atoms with E-state index in [9.17, 15) is 9.59 Å². The van der Waals surface area contributed by atoms with Gasteiger partial charge < -0.3 is 14.4 Å². The Kier molecular flexibility index (Phi) is 6.45. The number of nitrogens with zero attached hydrogens (tertiary/aromatic N) is 2. The number of aromatic nitrogens is 1. The monoisotopic (exact) mass is 348 g/mol. The summed E-state index contributed by atoms with van der Waals surface area (Å²) in [7, 11) is 2.83. The Hall–Kier alpha value is -2.25. The summed E-state index contributed by atoms with van der Waals surface area (Å²) in [6.07, 6.45) is 0. The Morgan fingerprint density at radius 1 is 1.21 bits per heavy atom. The summed E-state index contributed by atoms with van der Waals surface area (Å²) in [4.78, 5) is 29.9. The average molecular weight is 348 g/mol. The van der Waals surface area contributed by atoms with E-state index in [0.717, 1.165) is 16.1 Å². The number of aryl methyl sites for hydroxylation is 1. The molecule has 7 heteroatoms. The van der Waals surface area contributed by atoms with Crippen LogP contribution in [0.2, 0.25) is 0 Å². The van der Waals surface area contributed by atoms with Gasteiger partial charge in [0.25, 0.3) is 5.91 Å². The molecule has 1 aromatic carbocycles. The first-order valence-electron chi connectivity index (χ1n) is 7.42. The van der Waals surface area contributed by atoms with Gasteiger partial charge in [0.05, 0.1) is 13.7 Å². The van der Waals surface area contributed by atoms with Gasteiger partial charge in [-0.2, -0.15) is 0 Å². The van der Waals surface area contributed by atoms with Gasteiger partial charge in [0, 0.05) is 24.6 Å². The number of esters is 1. The first kappa shape index (κ1) is 18.1. The number of methoxy groups -OCH3 is 2. The van der Waals surface area contributed by atoms with Gasteiger partial charge in [-0.05, 0) is 6.92 Å². The van der Waals surface area contributed by atoms with Gasteiger partial charge in [-0.1, -0.05) is 29.8 Å². The number of thiazole rings is 1. The van der Waals surface area contributed by atoms with E-state index in [1.54, 1.807) is 12.5 Å². The lowest BCUT2D eigenvalue weighted by atomic mass is 10.2. The minimum atomic E-state index is -0.478. The van der Waals surface area contributed by atoms with Crippen LogP contribution in [0, 0.1) is 6.92 Å². The summed E-state index contributed by atoms with van der Waals surface area (Å²) in [6, 6.07) is 7.94. The highest BCUT2D eigenvalue weighted by molar-refractivity contribution is 7.13. The maximum absolute atomic E-state index is 12.6. The van der Waals surface area contributed by atoms with E-state index in [0.29, 0.717) is 18.8 Å². The van der Waals surface area contributed by atoms with Crippen LogP contribution in [0.15, 0.2) is 29.6 Å². The molecule has 0 N–H and O–H groups in total. The molecule has 1 amide bonds. The second kappa shape index (κ2) is 8.56. The van der Waals surface area contributed by atoms with E-state index in [-0.39, 0.29) is 12.5 Å². The second-order valence-corrected chi connectivity index (χ2v) is 6.06. The first-order valence-corrected chi connectivity index (χ1v) is 8.30. The molecule has 0 radical (unpaired) electrons. The molecule has 0 aliphatic heterocycles. The van der Waals surface area contributed by atoms with Crippen LogP contribution >= 0.6 is 11.3 Å². The number of ether oxygens (including phenoxy) is 2. The predicted molar refractivity (Wildman–Crippen MR) is 92.1 cm³/mol. The molecule has 6 nitrogen and oxygen atoms in total. The zero-order valence-corrected chi connectivity index (χ0v) is 14.8. The minimum absolute atomic E-state index is 0.129. The van der Waals surface area contributed by atoms with Crippen molar-refractivity contribution >= 4 is 23.2 Å². The molecule has 128 valence electrons. The van der Waals surface area contributed by atoms with Crippen molar-refractivity contribution in [1.29, 1.82) is 0 Å². The van der Waals surface area contributed by atoms with Crippen molar-refractivity contribution in [2.45, 2.75) is 6.92 Å². The Labute approximate surface area is 145 Å². The van der Waals surface area contributed by atoms with E-state index in [4.69, 9.17) is 4.74 Å². The highest BCUT2D eigenvalue weighted by atomic mass is 32.1. The lowest BCUT2D eigenvalue weighted by molar-refractivity contribution is -0.141. The van der Waals surface area contributed by atoms with Crippen LogP contribution < -0.4 is 0 Å². The third kappa shape index (κ3) is 4.62. The SMILES string of the molecule is COCCN(CC(=O)OC)C(=O)c1csc(-c2ccc(C)cc2)n1. The summed E-state index contributed by atoms with van der Waals surface area (Å²) in [5.41, 5.74) is 2.44. The summed E-state index contributed by atoms with van der Waals surface area (Å²) in [5, 5.41) is 2.47. The average Bonchev–Trinajstić information content (AvgIpc) is 3.08. The zero-order valence-electron chi connectivity index (χ0n) is 13.9. The van der Waals surface area contributed by atoms with Crippen LogP contribution in [-0.2, 0) is 14.3 Å². The minimum Gasteiger partial charge on any atom is -0.468 e. The molecule has 0 saturated heterocycles. The highest BCUT2D eigenvalue weighted by Gasteiger charge is 2.21. The van der Waals surface area contributed by atoms with Crippen LogP contribution in [0.1, 0.15) is 16.1 Å².